The number of hydrogen-bond donors (Lipinski definition) is 2. The van der Waals surface area contributed by atoms with Crippen molar-refractivity contribution in [2.45, 2.75) is 60.8 Å². The van der Waals surface area contributed by atoms with Gasteiger partial charge in [-0.2, -0.15) is 0 Å². The number of aryl methyl sites for hydroxylation is 7. The summed E-state index contributed by atoms with van der Waals surface area (Å²) in [7, 11) is 0. The van der Waals surface area contributed by atoms with E-state index < -0.39 is 5.97 Å². The zero-order valence-electron chi connectivity index (χ0n) is 35.3. The predicted octanol–water partition coefficient (Wildman–Crippen LogP) is 14.4. The van der Waals surface area contributed by atoms with Gasteiger partial charge in [-0.3, -0.25) is 4.79 Å². The first-order chi connectivity index (χ1) is 28.9. The molecular weight excluding hydrogens is 741 g/mol. The summed E-state index contributed by atoms with van der Waals surface area (Å²) in [5, 5.41) is 18.1. The first-order valence-electron chi connectivity index (χ1n) is 20.3. The highest BCUT2D eigenvalue weighted by molar-refractivity contribution is 5.84. The highest BCUT2D eigenvalue weighted by atomic mass is 17.1. The molecule has 0 heterocycles. The van der Waals surface area contributed by atoms with E-state index in [1.54, 1.807) is 0 Å². The molecular formula is C54H52N2O4. The van der Waals surface area contributed by atoms with E-state index in [4.69, 9.17) is 5.26 Å². The highest BCUT2D eigenvalue weighted by Crippen LogP contribution is 2.42. The van der Waals surface area contributed by atoms with E-state index >= 15 is 0 Å². The van der Waals surface area contributed by atoms with Crippen LogP contribution in [0.4, 0.5) is 34.1 Å². The third-order valence-electron chi connectivity index (χ3n) is 11.5. The van der Waals surface area contributed by atoms with Gasteiger partial charge in [0.2, 0.25) is 0 Å². The molecule has 7 rings (SSSR count). The van der Waals surface area contributed by atoms with Gasteiger partial charge in [0.15, 0.2) is 0 Å². The molecule has 0 aliphatic rings. The topological polar surface area (TPSA) is 73.2 Å². The molecule has 0 aliphatic heterocycles. The standard InChI is InChI=1S/C54H52N2O4/c1-35-8-21-50(32-37(35)3)55(48-23-12-42(13-24-48)14-29-54(57)58)52-27-19-46(30-39(52)5)47-20-28-53(40(6)31-47)56(51-22-9-36(2)38(4)33-51)49-25-17-45(18-26-49)44-15-10-43(11-16-44)34-41(7)60-59/h8-13,15-28,30-33,59H,7,14,29,34H2,1-6H3,(H,57,58). The minimum atomic E-state index is -0.792. The third-order valence-corrected chi connectivity index (χ3v) is 11.5. The summed E-state index contributed by atoms with van der Waals surface area (Å²) in [5.41, 5.74) is 20.2. The van der Waals surface area contributed by atoms with Gasteiger partial charge in [-0.1, -0.05) is 79.4 Å². The number of aliphatic carboxylic acids is 1. The number of allylic oxidation sites excluding steroid dienone is 1. The van der Waals surface area contributed by atoms with Crippen LogP contribution >= 0.6 is 0 Å². The van der Waals surface area contributed by atoms with Gasteiger partial charge in [0.25, 0.3) is 0 Å². The molecule has 2 N–H and O–H groups in total. The summed E-state index contributed by atoms with van der Waals surface area (Å²) < 4.78 is 0. The van der Waals surface area contributed by atoms with Gasteiger partial charge in [0.1, 0.15) is 5.76 Å². The molecule has 0 bridgehead atoms. The van der Waals surface area contributed by atoms with Gasteiger partial charge in [-0.05, 0) is 188 Å². The summed E-state index contributed by atoms with van der Waals surface area (Å²) in [6.45, 7) is 16.6. The van der Waals surface area contributed by atoms with Crippen LogP contribution in [0.3, 0.4) is 0 Å². The van der Waals surface area contributed by atoms with Crippen LogP contribution in [0.15, 0.2) is 158 Å². The van der Waals surface area contributed by atoms with E-state index in [2.05, 4.69) is 184 Å². The average molecular weight is 793 g/mol. The van der Waals surface area contributed by atoms with Crippen LogP contribution in [0.25, 0.3) is 22.3 Å². The number of nitrogens with zero attached hydrogens (tertiary/aromatic N) is 2. The molecule has 0 radical (unpaired) electrons. The maximum atomic E-state index is 11.2. The van der Waals surface area contributed by atoms with Gasteiger partial charge in [0.05, 0.1) is 0 Å². The minimum Gasteiger partial charge on any atom is -0.481 e. The monoisotopic (exact) mass is 792 g/mol. The highest BCUT2D eigenvalue weighted by Gasteiger charge is 2.19. The average Bonchev–Trinajstić information content (AvgIpc) is 3.24. The second-order valence-corrected chi connectivity index (χ2v) is 15.8. The van der Waals surface area contributed by atoms with Crippen molar-refractivity contribution in [3.05, 3.63) is 202 Å². The molecule has 302 valence electrons. The molecule has 0 spiro atoms. The van der Waals surface area contributed by atoms with Crippen molar-refractivity contribution < 1.29 is 20.0 Å². The summed E-state index contributed by atoms with van der Waals surface area (Å²) in [4.78, 5) is 20.1. The lowest BCUT2D eigenvalue weighted by atomic mass is 9.98. The van der Waals surface area contributed by atoms with Crippen LogP contribution in [0.2, 0.25) is 0 Å². The molecule has 0 atom stereocenters. The van der Waals surface area contributed by atoms with Crippen molar-refractivity contribution in [3.63, 3.8) is 0 Å². The maximum absolute atomic E-state index is 11.2. The van der Waals surface area contributed by atoms with E-state index in [0.717, 1.165) is 78.6 Å². The Morgan fingerprint density at radius 2 is 0.883 bits per heavy atom. The molecule has 0 aromatic heterocycles. The Labute approximate surface area is 354 Å². The van der Waals surface area contributed by atoms with E-state index in [1.165, 1.54) is 22.3 Å². The molecule has 0 unspecified atom stereocenters. The number of rotatable bonds is 14. The smallest absolute Gasteiger partial charge is 0.303 e. The quantitative estimate of drug-likeness (QED) is 0.0649. The molecule has 0 saturated heterocycles. The van der Waals surface area contributed by atoms with Crippen LogP contribution < -0.4 is 9.80 Å². The van der Waals surface area contributed by atoms with Crippen molar-refractivity contribution >= 4 is 40.1 Å². The van der Waals surface area contributed by atoms with Crippen LogP contribution in [0.1, 0.15) is 50.9 Å². The number of carboxylic acid groups (broad SMARTS) is 1. The second-order valence-electron chi connectivity index (χ2n) is 15.8. The Hall–Kier alpha value is -6.89. The molecule has 0 aliphatic carbocycles. The lowest BCUT2D eigenvalue weighted by Gasteiger charge is -2.29. The van der Waals surface area contributed by atoms with Crippen molar-refractivity contribution in [1.29, 1.82) is 0 Å². The largest absolute Gasteiger partial charge is 0.481 e. The SMILES string of the molecule is C=C(Cc1ccc(-c2ccc(N(c3ccc(C)c(C)c3)c3ccc(-c4ccc(N(c5ccc(CCC(=O)O)cc5)c5ccc(C)c(C)c5)c(C)c4)cc3C)cc2)cc1)OO. The van der Waals surface area contributed by atoms with Crippen LogP contribution in [-0.2, 0) is 22.5 Å². The molecule has 0 saturated carbocycles. The molecule has 6 nitrogen and oxygen atoms in total. The Morgan fingerprint density at radius 3 is 1.30 bits per heavy atom. The molecule has 60 heavy (non-hydrogen) atoms. The Balaban J connectivity index is 1.21. The first-order valence-corrected chi connectivity index (χ1v) is 20.3. The molecule has 6 heteroatoms. The normalized spacial score (nSPS) is 11.0. The maximum Gasteiger partial charge on any atom is 0.303 e. The van der Waals surface area contributed by atoms with Gasteiger partial charge < -0.3 is 19.8 Å². The zero-order chi connectivity index (χ0) is 42.5. The van der Waals surface area contributed by atoms with Gasteiger partial charge in [-0.15, -0.1) is 0 Å². The summed E-state index contributed by atoms with van der Waals surface area (Å²) in [6, 6.07) is 51.7. The van der Waals surface area contributed by atoms with Crippen molar-refractivity contribution in [1.82, 2.24) is 0 Å². The second kappa shape index (κ2) is 17.9. The number of carbonyl (C=O) groups is 1. The molecule has 7 aromatic carbocycles. The van der Waals surface area contributed by atoms with E-state index in [-0.39, 0.29) is 6.42 Å². The third kappa shape index (κ3) is 9.20. The zero-order valence-corrected chi connectivity index (χ0v) is 35.3. The number of benzene rings is 7. The van der Waals surface area contributed by atoms with Crippen LogP contribution in [0.5, 0.6) is 0 Å². The summed E-state index contributed by atoms with van der Waals surface area (Å²) in [6.07, 6.45) is 1.05. The van der Waals surface area contributed by atoms with Crippen LogP contribution in [-0.4, -0.2) is 16.3 Å². The van der Waals surface area contributed by atoms with E-state index in [9.17, 15) is 9.90 Å². The lowest BCUT2D eigenvalue weighted by Crippen LogP contribution is -2.12. The Kier molecular flexibility index (Phi) is 12.3. The molecule has 0 fully saturated rings. The fourth-order valence-electron chi connectivity index (χ4n) is 7.70. The molecule has 0 amide bonds. The summed E-state index contributed by atoms with van der Waals surface area (Å²) >= 11 is 0. The van der Waals surface area contributed by atoms with E-state index in [1.807, 2.05) is 24.3 Å². The lowest BCUT2D eigenvalue weighted by molar-refractivity contribution is -0.204. The fraction of sp³-hybridized carbons (Fsp3) is 0.167. The van der Waals surface area contributed by atoms with Crippen molar-refractivity contribution in [2.24, 2.45) is 0 Å². The Bertz CT molecular complexity index is 2660. The number of hydrogen-bond acceptors (Lipinski definition) is 5. The van der Waals surface area contributed by atoms with Gasteiger partial charge >= 0.3 is 5.97 Å². The van der Waals surface area contributed by atoms with Crippen molar-refractivity contribution in [2.75, 3.05) is 9.80 Å². The predicted molar refractivity (Wildman–Crippen MR) is 248 cm³/mol. The number of anilines is 6. The number of carboxylic acids is 1. The van der Waals surface area contributed by atoms with Crippen molar-refractivity contribution in [3.8, 4) is 22.3 Å². The Morgan fingerprint density at radius 1 is 0.483 bits per heavy atom. The van der Waals surface area contributed by atoms with Crippen LogP contribution in [0, 0.1) is 41.5 Å². The first kappa shape index (κ1) is 41.3. The minimum absolute atomic E-state index is 0.108. The fourth-order valence-corrected chi connectivity index (χ4v) is 7.70. The van der Waals surface area contributed by atoms with E-state index in [0.29, 0.717) is 18.6 Å². The summed E-state index contributed by atoms with van der Waals surface area (Å²) in [5.74, 6) is -0.485. The van der Waals surface area contributed by atoms with Gasteiger partial charge in [0, 0.05) is 47.0 Å². The van der Waals surface area contributed by atoms with Gasteiger partial charge in [-0.25, -0.2) is 5.26 Å². The molecule has 7 aromatic rings.